The molecule has 2 aromatic rings. The van der Waals surface area contributed by atoms with Crippen LogP contribution in [0.4, 0.5) is 10.1 Å². The fourth-order valence-electron chi connectivity index (χ4n) is 3.45. The lowest BCUT2D eigenvalue weighted by Crippen LogP contribution is -2.42. The Kier molecular flexibility index (Phi) is 5.90. The zero-order chi connectivity index (χ0) is 21.1. The Balaban J connectivity index is 1.25. The van der Waals surface area contributed by atoms with Gasteiger partial charge in [-0.25, -0.2) is 17.8 Å². The number of piperidine rings is 1. The predicted molar refractivity (Wildman–Crippen MR) is 110 cm³/mol. The Morgan fingerprint density at radius 2 is 1.87 bits per heavy atom. The van der Waals surface area contributed by atoms with Crippen LogP contribution in [-0.2, 0) is 21.2 Å². The van der Waals surface area contributed by atoms with Gasteiger partial charge in [0.05, 0.1) is 23.6 Å². The Morgan fingerprint density at radius 1 is 1.13 bits per heavy atom. The number of sulfonamides is 1. The smallest absolute Gasteiger partial charge is 0.235 e. The highest BCUT2D eigenvalue weighted by atomic mass is 32.2. The molecule has 1 amide bonds. The van der Waals surface area contributed by atoms with Crippen LogP contribution in [0.2, 0.25) is 0 Å². The van der Waals surface area contributed by atoms with Gasteiger partial charge in [-0.2, -0.15) is 0 Å². The summed E-state index contributed by atoms with van der Waals surface area (Å²) in [7, 11) is -3.31. The Labute approximate surface area is 175 Å². The van der Waals surface area contributed by atoms with E-state index in [9.17, 15) is 17.6 Å². The van der Waals surface area contributed by atoms with Gasteiger partial charge >= 0.3 is 0 Å². The number of carbonyl (C=O) groups excluding carboxylic acids is 1. The van der Waals surface area contributed by atoms with Gasteiger partial charge in [0.2, 0.25) is 21.8 Å². The number of likely N-dealkylation sites (tertiary alicyclic amines) is 1. The third-order valence-electron chi connectivity index (χ3n) is 5.34. The summed E-state index contributed by atoms with van der Waals surface area (Å²) >= 11 is 0. The molecule has 0 spiro atoms. The molecule has 2 heterocycles. The van der Waals surface area contributed by atoms with Crippen molar-refractivity contribution >= 4 is 21.6 Å². The molecule has 4 rings (SSSR count). The minimum absolute atomic E-state index is 0.0536. The molecule has 0 radical (unpaired) electrons. The summed E-state index contributed by atoms with van der Waals surface area (Å²) in [4.78, 5) is 18.4. The second-order valence-corrected chi connectivity index (χ2v) is 9.66. The van der Waals surface area contributed by atoms with E-state index < -0.39 is 10.0 Å². The van der Waals surface area contributed by atoms with E-state index >= 15 is 0 Å². The van der Waals surface area contributed by atoms with Crippen molar-refractivity contribution < 1.29 is 22.3 Å². The lowest BCUT2D eigenvalue weighted by atomic mass is 10.1. The van der Waals surface area contributed by atoms with E-state index in [-0.39, 0.29) is 29.5 Å². The first kappa shape index (κ1) is 20.6. The monoisotopic (exact) mass is 433 g/mol. The summed E-state index contributed by atoms with van der Waals surface area (Å²) in [5, 5.41) is -0.292. The van der Waals surface area contributed by atoms with E-state index in [4.69, 9.17) is 4.74 Å². The third kappa shape index (κ3) is 5.08. The molecule has 160 valence electrons. The van der Waals surface area contributed by atoms with Crippen LogP contribution in [0, 0.1) is 5.82 Å². The lowest BCUT2D eigenvalue weighted by molar-refractivity contribution is -0.132. The quantitative estimate of drug-likeness (QED) is 0.725. The summed E-state index contributed by atoms with van der Waals surface area (Å²) in [6, 6.07) is 9.59. The highest BCUT2D eigenvalue weighted by Crippen LogP contribution is 2.30. The first-order chi connectivity index (χ1) is 14.4. The second kappa shape index (κ2) is 8.59. The maximum atomic E-state index is 13.7. The van der Waals surface area contributed by atoms with Crippen LogP contribution < -0.4 is 9.46 Å². The molecule has 7 nitrogen and oxygen atoms in total. The van der Waals surface area contributed by atoms with Crippen molar-refractivity contribution in [2.45, 2.75) is 43.5 Å². The van der Waals surface area contributed by atoms with Gasteiger partial charge in [-0.3, -0.25) is 9.52 Å². The summed E-state index contributed by atoms with van der Waals surface area (Å²) in [5.74, 6) is -0.0394. The highest BCUT2D eigenvalue weighted by molar-refractivity contribution is 7.93. The number of hydrogen-bond donors (Lipinski definition) is 1. The number of hydrogen-bond acceptors (Lipinski definition) is 5. The van der Waals surface area contributed by atoms with Crippen molar-refractivity contribution in [2.75, 3.05) is 17.8 Å². The van der Waals surface area contributed by atoms with Crippen molar-refractivity contribution in [1.82, 2.24) is 9.88 Å². The molecule has 9 heteroatoms. The molecule has 1 aromatic carbocycles. The largest absolute Gasteiger partial charge is 0.474 e. The number of amides is 1. The Bertz CT molecular complexity index is 1000. The molecule has 2 aliphatic rings. The van der Waals surface area contributed by atoms with E-state index in [1.807, 2.05) is 0 Å². The predicted octanol–water partition coefficient (Wildman–Crippen LogP) is 2.74. The van der Waals surface area contributed by atoms with Crippen LogP contribution in [0.5, 0.6) is 5.88 Å². The number of nitrogens with one attached hydrogen (secondary N) is 1. The fourth-order valence-corrected chi connectivity index (χ4v) is 4.82. The minimum atomic E-state index is -3.31. The number of rotatable bonds is 7. The van der Waals surface area contributed by atoms with Crippen LogP contribution in [0.15, 0.2) is 42.6 Å². The van der Waals surface area contributed by atoms with Gasteiger partial charge in [0.15, 0.2) is 0 Å². The SMILES string of the molecule is O=C(Cc1ccccc1F)N1CCC(Oc2ccc(NS(=O)(=O)C3CC3)cn2)CC1. The molecule has 1 saturated carbocycles. The van der Waals surface area contributed by atoms with E-state index in [0.29, 0.717) is 55.9 Å². The van der Waals surface area contributed by atoms with Crippen LogP contribution in [0.3, 0.4) is 0 Å². The number of halogens is 1. The Hall–Kier alpha value is -2.68. The van der Waals surface area contributed by atoms with E-state index in [1.54, 1.807) is 35.2 Å². The average Bonchev–Trinajstić information content (AvgIpc) is 3.58. The summed E-state index contributed by atoms with van der Waals surface area (Å²) in [6.45, 7) is 1.08. The lowest BCUT2D eigenvalue weighted by Gasteiger charge is -2.32. The number of nitrogens with zero attached hydrogens (tertiary/aromatic N) is 2. The van der Waals surface area contributed by atoms with Crippen LogP contribution in [0.25, 0.3) is 0 Å². The zero-order valence-electron chi connectivity index (χ0n) is 16.5. The maximum Gasteiger partial charge on any atom is 0.235 e. The average molecular weight is 434 g/mol. The van der Waals surface area contributed by atoms with Crippen LogP contribution in [-0.4, -0.2) is 48.7 Å². The number of benzene rings is 1. The van der Waals surface area contributed by atoms with Gasteiger partial charge in [-0.05, 0) is 30.5 Å². The summed E-state index contributed by atoms with van der Waals surface area (Å²) in [6.07, 6.45) is 4.13. The standard InChI is InChI=1S/C21H24FN3O4S/c22-19-4-2-1-3-15(19)13-21(26)25-11-9-17(10-12-25)29-20-8-5-16(14-23-20)24-30(27,28)18-6-7-18/h1-5,8,14,17-18,24H,6-7,9-13H2. The number of carbonyl (C=O) groups is 1. The molecule has 2 fully saturated rings. The number of pyridine rings is 1. The van der Waals surface area contributed by atoms with E-state index in [2.05, 4.69) is 9.71 Å². The fraction of sp³-hybridized carbons (Fsp3) is 0.429. The topological polar surface area (TPSA) is 88.6 Å². The van der Waals surface area contributed by atoms with Crippen molar-refractivity contribution in [3.8, 4) is 5.88 Å². The molecule has 1 saturated heterocycles. The molecule has 30 heavy (non-hydrogen) atoms. The van der Waals surface area contributed by atoms with Crippen LogP contribution >= 0.6 is 0 Å². The third-order valence-corrected chi connectivity index (χ3v) is 7.21. The van der Waals surface area contributed by atoms with Gasteiger partial charge in [-0.1, -0.05) is 18.2 Å². The second-order valence-electron chi connectivity index (χ2n) is 7.70. The molecular weight excluding hydrogens is 409 g/mol. The number of aromatic nitrogens is 1. The zero-order valence-corrected chi connectivity index (χ0v) is 17.3. The normalized spacial score (nSPS) is 17.6. The van der Waals surface area contributed by atoms with Crippen molar-refractivity contribution in [3.63, 3.8) is 0 Å². The van der Waals surface area contributed by atoms with Gasteiger partial charge in [-0.15, -0.1) is 0 Å². The highest BCUT2D eigenvalue weighted by Gasteiger charge is 2.35. The molecule has 1 aliphatic heterocycles. The number of ether oxygens (including phenoxy) is 1. The maximum absolute atomic E-state index is 13.7. The number of anilines is 1. The first-order valence-electron chi connectivity index (χ1n) is 10.1. The van der Waals surface area contributed by atoms with E-state index in [1.165, 1.54) is 12.3 Å². The van der Waals surface area contributed by atoms with Gasteiger partial charge in [0, 0.05) is 32.0 Å². The molecule has 1 N–H and O–H groups in total. The van der Waals surface area contributed by atoms with Crippen molar-refractivity contribution in [3.05, 3.63) is 54.0 Å². The molecule has 0 unspecified atom stereocenters. The van der Waals surface area contributed by atoms with E-state index in [0.717, 1.165) is 0 Å². The summed E-state index contributed by atoms with van der Waals surface area (Å²) in [5.41, 5.74) is 0.824. The summed E-state index contributed by atoms with van der Waals surface area (Å²) < 4.78 is 46.1. The van der Waals surface area contributed by atoms with Gasteiger partial charge in [0.25, 0.3) is 0 Å². The molecular formula is C21H24FN3O4S. The molecule has 0 atom stereocenters. The van der Waals surface area contributed by atoms with Crippen molar-refractivity contribution in [1.29, 1.82) is 0 Å². The van der Waals surface area contributed by atoms with Crippen LogP contribution in [0.1, 0.15) is 31.2 Å². The minimum Gasteiger partial charge on any atom is -0.474 e. The molecule has 0 bridgehead atoms. The van der Waals surface area contributed by atoms with Gasteiger partial charge < -0.3 is 9.64 Å². The molecule has 1 aromatic heterocycles. The first-order valence-corrected chi connectivity index (χ1v) is 11.6. The van der Waals surface area contributed by atoms with Crippen molar-refractivity contribution in [2.24, 2.45) is 0 Å². The van der Waals surface area contributed by atoms with Gasteiger partial charge in [0.1, 0.15) is 11.9 Å². The molecule has 1 aliphatic carbocycles. The Morgan fingerprint density at radius 3 is 2.50 bits per heavy atom.